The first-order valence-corrected chi connectivity index (χ1v) is 5.46. The first-order chi connectivity index (χ1) is 7.38. The van der Waals surface area contributed by atoms with Gasteiger partial charge in [-0.05, 0) is 32.9 Å². The highest BCUT2D eigenvalue weighted by Gasteiger charge is 2.16. The predicted molar refractivity (Wildman–Crippen MR) is 55.6 cm³/mol. The average Bonchev–Trinajstić information content (AvgIpc) is 2.74. The average molecular weight is 211 g/mol. The molecule has 4 nitrogen and oxygen atoms in total. The van der Waals surface area contributed by atoms with Crippen LogP contribution >= 0.6 is 0 Å². The lowest BCUT2D eigenvalue weighted by molar-refractivity contribution is 0.0543. The zero-order valence-corrected chi connectivity index (χ0v) is 9.07. The molecule has 0 aliphatic carbocycles. The molecule has 84 valence electrons. The Morgan fingerprint density at radius 2 is 2.07 bits per heavy atom. The minimum atomic E-state index is 0.433. The van der Waals surface area contributed by atoms with E-state index in [-0.39, 0.29) is 0 Å². The Labute approximate surface area is 90.1 Å². The molecular formula is C11H17NO3. The first-order valence-electron chi connectivity index (χ1n) is 5.46. The van der Waals surface area contributed by atoms with Crippen LogP contribution in [0.4, 0.5) is 0 Å². The molecule has 0 bridgehead atoms. The molecular weight excluding hydrogens is 194 g/mol. The second-order valence-corrected chi connectivity index (χ2v) is 3.67. The molecule has 0 saturated carbocycles. The lowest BCUT2D eigenvalue weighted by atomic mass is 10.4. The predicted octanol–water partition coefficient (Wildman–Crippen LogP) is 1.81. The second kappa shape index (κ2) is 5.07. The molecule has 0 aromatic carbocycles. The molecule has 2 rings (SSSR count). The fourth-order valence-corrected chi connectivity index (χ4v) is 1.75. The van der Waals surface area contributed by atoms with E-state index in [0.717, 1.165) is 25.4 Å². The zero-order chi connectivity index (χ0) is 10.5. The van der Waals surface area contributed by atoms with Gasteiger partial charge in [0.2, 0.25) is 0 Å². The standard InChI is InChI=1S/C11H17NO3/c1-2-13-11-9-14-10(8-15-11)7-12-5-3-4-6-12/h8-9H,2-7H2,1H3. The number of ether oxygens (including phenoxy) is 3. The van der Waals surface area contributed by atoms with Crippen LogP contribution in [0.2, 0.25) is 0 Å². The van der Waals surface area contributed by atoms with Gasteiger partial charge in [-0.25, -0.2) is 0 Å². The molecule has 0 amide bonds. The zero-order valence-electron chi connectivity index (χ0n) is 9.07. The molecule has 1 fully saturated rings. The van der Waals surface area contributed by atoms with Gasteiger partial charge >= 0.3 is 5.95 Å². The smallest absolute Gasteiger partial charge is 0.321 e. The van der Waals surface area contributed by atoms with E-state index in [2.05, 4.69) is 4.90 Å². The largest absolute Gasteiger partial charge is 0.463 e. The minimum absolute atomic E-state index is 0.433. The summed E-state index contributed by atoms with van der Waals surface area (Å²) >= 11 is 0. The third-order valence-corrected chi connectivity index (χ3v) is 2.48. The summed E-state index contributed by atoms with van der Waals surface area (Å²) in [6, 6.07) is 0. The Morgan fingerprint density at radius 1 is 1.27 bits per heavy atom. The van der Waals surface area contributed by atoms with E-state index < -0.39 is 0 Å². The molecule has 2 aliphatic heterocycles. The van der Waals surface area contributed by atoms with Crippen LogP contribution in [0.15, 0.2) is 24.2 Å². The molecule has 0 N–H and O–H groups in total. The van der Waals surface area contributed by atoms with E-state index in [1.807, 2.05) is 6.92 Å². The summed E-state index contributed by atoms with van der Waals surface area (Å²) in [6.07, 6.45) is 5.72. The summed E-state index contributed by atoms with van der Waals surface area (Å²) in [5, 5.41) is 0. The monoisotopic (exact) mass is 211 g/mol. The molecule has 0 aromatic heterocycles. The summed E-state index contributed by atoms with van der Waals surface area (Å²) in [5.74, 6) is 1.28. The third kappa shape index (κ3) is 2.89. The number of hydrogen-bond acceptors (Lipinski definition) is 4. The van der Waals surface area contributed by atoms with Crippen LogP contribution in [0, 0.1) is 0 Å². The summed E-state index contributed by atoms with van der Waals surface area (Å²) < 4.78 is 15.8. The second-order valence-electron chi connectivity index (χ2n) is 3.67. The lowest BCUT2D eigenvalue weighted by Crippen LogP contribution is -2.23. The number of rotatable bonds is 4. The third-order valence-electron chi connectivity index (χ3n) is 2.48. The van der Waals surface area contributed by atoms with Crippen LogP contribution in [0.5, 0.6) is 0 Å². The maximum Gasteiger partial charge on any atom is 0.321 e. The highest BCUT2D eigenvalue weighted by atomic mass is 16.7. The van der Waals surface area contributed by atoms with Gasteiger partial charge < -0.3 is 14.2 Å². The van der Waals surface area contributed by atoms with Gasteiger partial charge in [0.25, 0.3) is 0 Å². The summed E-state index contributed by atoms with van der Waals surface area (Å²) in [4.78, 5) is 2.36. The Bertz CT molecular complexity index is 267. The molecule has 0 unspecified atom stereocenters. The molecule has 15 heavy (non-hydrogen) atoms. The molecule has 1 saturated heterocycles. The van der Waals surface area contributed by atoms with Crippen molar-refractivity contribution in [1.82, 2.24) is 4.90 Å². The molecule has 0 spiro atoms. The van der Waals surface area contributed by atoms with Crippen molar-refractivity contribution >= 4 is 0 Å². The van der Waals surface area contributed by atoms with Crippen molar-refractivity contribution in [2.75, 3.05) is 26.2 Å². The van der Waals surface area contributed by atoms with E-state index in [4.69, 9.17) is 14.2 Å². The maximum absolute atomic E-state index is 5.41. The summed E-state index contributed by atoms with van der Waals surface area (Å²) in [6.45, 7) is 5.64. The van der Waals surface area contributed by atoms with Crippen LogP contribution in [0.25, 0.3) is 0 Å². The van der Waals surface area contributed by atoms with Crippen molar-refractivity contribution in [3.8, 4) is 0 Å². The van der Waals surface area contributed by atoms with E-state index in [0.29, 0.717) is 12.6 Å². The Kier molecular flexibility index (Phi) is 3.50. The first kappa shape index (κ1) is 10.4. The van der Waals surface area contributed by atoms with Crippen LogP contribution in [-0.2, 0) is 14.2 Å². The quantitative estimate of drug-likeness (QED) is 0.709. The number of likely N-dealkylation sites (tertiary alicyclic amines) is 1. The lowest BCUT2D eigenvalue weighted by Gasteiger charge is -2.19. The van der Waals surface area contributed by atoms with Gasteiger partial charge in [0.05, 0.1) is 13.2 Å². The normalized spacial score (nSPS) is 21.4. The Hall–Kier alpha value is -1.16. The minimum Gasteiger partial charge on any atom is -0.463 e. The topological polar surface area (TPSA) is 30.9 Å². The molecule has 0 atom stereocenters. The van der Waals surface area contributed by atoms with Crippen molar-refractivity contribution < 1.29 is 14.2 Å². The molecule has 2 heterocycles. The molecule has 2 aliphatic rings. The van der Waals surface area contributed by atoms with Crippen LogP contribution in [0.1, 0.15) is 19.8 Å². The number of nitrogens with zero attached hydrogens (tertiary/aromatic N) is 1. The fraction of sp³-hybridized carbons (Fsp3) is 0.636. The molecule has 4 heteroatoms. The summed E-state index contributed by atoms with van der Waals surface area (Å²) in [7, 11) is 0. The highest BCUT2D eigenvalue weighted by molar-refractivity contribution is 5.00. The fourth-order valence-electron chi connectivity index (χ4n) is 1.75. The van der Waals surface area contributed by atoms with Gasteiger partial charge in [-0.2, -0.15) is 0 Å². The van der Waals surface area contributed by atoms with Gasteiger partial charge in [-0.15, -0.1) is 0 Å². The highest BCUT2D eigenvalue weighted by Crippen LogP contribution is 2.16. The van der Waals surface area contributed by atoms with Crippen molar-refractivity contribution in [3.63, 3.8) is 0 Å². The van der Waals surface area contributed by atoms with E-state index >= 15 is 0 Å². The van der Waals surface area contributed by atoms with Crippen LogP contribution < -0.4 is 0 Å². The van der Waals surface area contributed by atoms with Crippen molar-refractivity contribution in [1.29, 1.82) is 0 Å². The summed E-state index contributed by atoms with van der Waals surface area (Å²) in [5.41, 5.74) is 0. The van der Waals surface area contributed by atoms with Gasteiger partial charge in [0.15, 0.2) is 12.0 Å². The van der Waals surface area contributed by atoms with Crippen LogP contribution in [0.3, 0.4) is 0 Å². The maximum atomic E-state index is 5.41. The van der Waals surface area contributed by atoms with Crippen molar-refractivity contribution in [3.05, 3.63) is 24.2 Å². The Morgan fingerprint density at radius 3 is 2.67 bits per heavy atom. The van der Waals surface area contributed by atoms with E-state index in [9.17, 15) is 0 Å². The SMILES string of the molecule is CCOC1=COC(CN2CCCC2)=CO1. The van der Waals surface area contributed by atoms with E-state index in [1.165, 1.54) is 19.1 Å². The van der Waals surface area contributed by atoms with Crippen molar-refractivity contribution in [2.24, 2.45) is 0 Å². The molecule has 0 radical (unpaired) electrons. The van der Waals surface area contributed by atoms with E-state index in [1.54, 1.807) is 6.26 Å². The van der Waals surface area contributed by atoms with Crippen LogP contribution in [-0.4, -0.2) is 31.1 Å². The van der Waals surface area contributed by atoms with Gasteiger partial charge in [0, 0.05) is 0 Å². The van der Waals surface area contributed by atoms with Gasteiger partial charge in [0.1, 0.15) is 6.26 Å². The number of hydrogen-bond donors (Lipinski definition) is 0. The van der Waals surface area contributed by atoms with Gasteiger partial charge in [-0.3, -0.25) is 4.90 Å². The van der Waals surface area contributed by atoms with Gasteiger partial charge in [-0.1, -0.05) is 0 Å². The molecule has 0 aromatic rings. The Balaban J connectivity index is 1.76. The van der Waals surface area contributed by atoms with Crippen molar-refractivity contribution in [2.45, 2.75) is 19.8 Å².